The normalized spacial score (nSPS) is 14.3. The van der Waals surface area contributed by atoms with Crippen molar-refractivity contribution in [3.63, 3.8) is 0 Å². The fourth-order valence-corrected chi connectivity index (χ4v) is 3.52. The zero-order valence-corrected chi connectivity index (χ0v) is 17.1. The number of hydrogen-bond donors (Lipinski definition) is 4. The van der Waals surface area contributed by atoms with Crippen molar-refractivity contribution >= 4 is 41.1 Å². The molecule has 4 rings (SSSR count). The van der Waals surface area contributed by atoms with Crippen molar-refractivity contribution in [3.05, 3.63) is 52.3 Å². The molecule has 2 heterocycles. The molecule has 0 saturated heterocycles. The van der Waals surface area contributed by atoms with Gasteiger partial charge in [-0.3, -0.25) is 4.40 Å². The van der Waals surface area contributed by atoms with Crippen LogP contribution in [0.4, 0.5) is 11.8 Å². The van der Waals surface area contributed by atoms with Crippen LogP contribution in [0.2, 0.25) is 0 Å². The van der Waals surface area contributed by atoms with E-state index in [1.807, 2.05) is 18.2 Å². The first-order valence-electron chi connectivity index (χ1n) is 8.95. The second-order valence-electron chi connectivity index (χ2n) is 6.56. The lowest BCUT2D eigenvalue weighted by Crippen LogP contribution is -2.14. The molecule has 12 heteroatoms. The molecule has 0 spiro atoms. The van der Waals surface area contributed by atoms with Crippen molar-refractivity contribution in [2.75, 3.05) is 18.6 Å². The molecule has 2 aromatic heterocycles. The summed E-state index contributed by atoms with van der Waals surface area (Å²) < 4.78 is 5.67. The number of hydrogen-bond acceptors (Lipinski definition) is 9. The molecule has 0 unspecified atom stereocenters. The lowest BCUT2D eigenvalue weighted by molar-refractivity contribution is 0.0592. The Morgan fingerprint density at radius 2 is 2.10 bits per heavy atom. The summed E-state index contributed by atoms with van der Waals surface area (Å²) in [4.78, 5) is 32.7. The summed E-state index contributed by atoms with van der Waals surface area (Å²) in [7, 11) is 1.16. The van der Waals surface area contributed by atoms with Crippen LogP contribution in [0.25, 0.3) is 5.65 Å². The Kier molecular flexibility index (Phi) is 6.24. The van der Waals surface area contributed by atoms with Crippen LogP contribution in [0.1, 0.15) is 50.1 Å². The van der Waals surface area contributed by atoms with E-state index in [1.54, 1.807) is 0 Å². The molecule has 160 valence electrons. The molecule has 11 nitrogen and oxygen atoms in total. The molecule has 0 amide bonds. The van der Waals surface area contributed by atoms with Crippen molar-refractivity contribution < 1.29 is 19.4 Å². The molecule has 3 aromatic rings. The van der Waals surface area contributed by atoms with E-state index in [1.165, 1.54) is 11.1 Å². The predicted octanol–water partition coefficient (Wildman–Crippen LogP) is 1.67. The van der Waals surface area contributed by atoms with Crippen LogP contribution < -0.4 is 16.3 Å². The number of carboxylic acid groups (broad SMARTS) is 1. The van der Waals surface area contributed by atoms with Gasteiger partial charge in [0, 0.05) is 12.1 Å². The van der Waals surface area contributed by atoms with E-state index in [-0.39, 0.29) is 34.8 Å². The van der Waals surface area contributed by atoms with Gasteiger partial charge in [0.15, 0.2) is 17.2 Å². The maximum atomic E-state index is 11.6. The number of aromatic nitrogens is 3. The summed E-state index contributed by atoms with van der Waals surface area (Å²) >= 11 is 5.59. The summed E-state index contributed by atoms with van der Waals surface area (Å²) in [6, 6.07) is 9.20. The van der Waals surface area contributed by atoms with Gasteiger partial charge in [-0.25, -0.2) is 19.4 Å². The van der Waals surface area contributed by atoms with Gasteiger partial charge in [-0.15, -0.1) is 0 Å². The van der Waals surface area contributed by atoms with Gasteiger partial charge in [-0.05, 0) is 47.9 Å². The first-order chi connectivity index (χ1) is 14.8. The maximum absolute atomic E-state index is 11.6. The number of nitrogens with zero attached hydrogens (tertiary/aromatic N) is 4. The molecule has 0 saturated carbocycles. The van der Waals surface area contributed by atoms with E-state index in [0.29, 0.717) is 0 Å². The summed E-state index contributed by atoms with van der Waals surface area (Å²) in [6.45, 7) is 0. The number of nitrogens with one attached hydrogen (secondary N) is 1. The number of rotatable bonds is 3. The smallest absolute Gasteiger partial charge is 0.355 e. The van der Waals surface area contributed by atoms with Crippen LogP contribution in [0, 0.1) is 11.3 Å². The quantitative estimate of drug-likeness (QED) is 0.343. The lowest BCUT2D eigenvalue weighted by Gasteiger charge is -2.07. The molecule has 0 fully saturated rings. The number of aryl methyl sites for hydroxylation is 1. The topological polar surface area (TPSA) is 182 Å². The van der Waals surface area contributed by atoms with Crippen LogP contribution in [-0.4, -0.2) is 38.5 Å². The Hall–Kier alpha value is -3.88. The van der Waals surface area contributed by atoms with Gasteiger partial charge >= 0.3 is 11.9 Å². The SMILES string of the molecule is COC(=O)c1cc(C(=O)O)nc2c(N)nc(N)n12.N#Cc1ccc2c(c1)CC[C@@H]2NCl. The van der Waals surface area contributed by atoms with Gasteiger partial charge in [0.1, 0.15) is 5.69 Å². The minimum Gasteiger partial charge on any atom is -0.477 e. The van der Waals surface area contributed by atoms with Crippen LogP contribution in [0.5, 0.6) is 0 Å². The van der Waals surface area contributed by atoms with Crippen LogP contribution in [0.3, 0.4) is 0 Å². The second-order valence-corrected chi connectivity index (χ2v) is 6.78. The zero-order valence-electron chi connectivity index (χ0n) is 16.3. The Labute approximate surface area is 181 Å². The highest BCUT2D eigenvalue weighted by Gasteiger charge is 2.22. The van der Waals surface area contributed by atoms with Crippen LogP contribution >= 0.6 is 11.8 Å². The molecule has 0 aliphatic heterocycles. The highest BCUT2D eigenvalue weighted by atomic mass is 35.5. The minimum atomic E-state index is -1.30. The number of anilines is 2. The number of imidazole rings is 1. The molecule has 1 aliphatic carbocycles. The molecule has 6 N–H and O–H groups in total. The first-order valence-corrected chi connectivity index (χ1v) is 9.33. The van der Waals surface area contributed by atoms with E-state index in [0.717, 1.165) is 36.0 Å². The average molecular weight is 444 g/mol. The second kappa shape index (κ2) is 8.86. The number of carbonyl (C=O) groups is 2. The molecular weight excluding hydrogens is 426 g/mol. The number of nitriles is 1. The number of fused-ring (bicyclic) bond motifs is 2. The number of benzene rings is 1. The molecule has 1 atom stereocenters. The van der Waals surface area contributed by atoms with Crippen molar-refractivity contribution in [2.45, 2.75) is 18.9 Å². The third-order valence-electron chi connectivity index (χ3n) is 4.74. The number of nitrogen functional groups attached to an aromatic ring is 2. The molecule has 1 aromatic carbocycles. The van der Waals surface area contributed by atoms with E-state index >= 15 is 0 Å². The monoisotopic (exact) mass is 443 g/mol. The Morgan fingerprint density at radius 1 is 1.35 bits per heavy atom. The number of halogens is 1. The third kappa shape index (κ3) is 4.20. The highest BCUT2D eigenvalue weighted by Crippen LogP contribution is 2.31. The number of ether oxygens (including phenoxy) is 1. The average Bonchev–Trinajstić information content (AvgIpc) is 3.32. The van der Waals surface area contributed by atoms with Gasteiger partial charge in [0.05, 0.1) is 18.7 Å². The number of methoxy groups -OCH3 is 1. The molecule has 0 bridgehead atoms. The van der Waals surface area contributed by atoms with E-state index < -0.39 is 11.9 Å². The predicted molar refractivity (Wildman–Crippen MR) is 111 cm³/mol. The largest absolute Gasteiger partial charge is 0.477 e. The van der Waals surface area contributed by atoms with E-state index in [2.05, 4.69) is 25.6 Å². The Balaban J connectivity index is 0.000000185. The lowest BCUT2D eigenvalue weighted by atomic mass is 10.1. The Bertz CT molecular complexity index is 1220. The summed E-state index contributed by atoms with van der Waals surface area (Å²) in [5, 5.41) is 17.6. The Morgan fingerprint density at radius 3 is 2.71 bits per heavy atom. The summed E-state index contributed by atoms with van der Waals surface area (Å²) in [6.07, 6.45) is 2.03. The van der Waals surface area contributed by atoms with Crippen molar-refractivity contribution in [1.29, 1.82) is 5.26 Å². The van der Waals surface area contributed by atoms with Gasteiger partial charge < -0.3 is 21.3 Å². The van der Waals surface area contributed by atoms with Gasteiger partial charge in [-0.1, -0.05) is 6.07 Å². The number of esters is 1. The van der Waals surface area contributed by atoms with Gasteiger partial charge in [-0.2, -0.15) is 10.2 Å². The van der Waals surface area contributed by atoms with Gasteiger partial charge in [0.2, 0.25) is 5.95 Å². The number of nitrogens with two attached hydrogens (primary N) is 2. The fraction of sp³-hybridized carbons (Fsp3) is 0.211. The van der Waals surface area contributed by atoms with Crippen molar-refractivity contribution in [3.8, 4) is 6.07 Å². The molecular formula is C19H18ClN7O4. The first kappa shape index (κ1) is 21.8. The van der Waals surface area contributed by atoms with E-state index in [4.69, 9.17) is 33.6 Å². The maximum Gasteiger partial charge on any atom is 0.355 e. The highest BCUT2D eigenvalue weighted by molar-refractivity contribution is 6.13. The van der Waals surface area contributed by atoms with E-state index in [9.17, 15) is 9.59 Å². The zero-order chi connectivity index (χ0) is 22.7. The number of carbonyl (C=O) groups excluding carboxylic acids is 1. The number of aromatic carboxylic acids is 1. The molecule has 1 aliphatic rings. The van der Waals surface area contributed by atoms with Crippen molar-refractivity contribution in [2.24, 2.45) is 0 Å². The van der Waals surface area contributed by atoms with Crippen LogP contribution in [0.15, 0.2) is 24.3 Å². The minimum absolute atomic E-state index is 0.00667. The summed E-state index contributed by atoms with van der Waals surface area (Å²) in [5.74, 6) is -2.22. The van der Waals surface area contributed by atoms with Crippen molar-refractivity contribution in [1.82, 2.24) is 19.2 Å². The van der Waals surface area contributed by atoms with Gasteiger partial charge in [0.25, 0.3) is 0 Å². The molecule has 0 radical (unpaired) electrons. The number of carboxylic acids is 1. The standard InChI is InChI=1S/C10H9ClN2.C9H9N5O4/c11-13-10-4-2-8-5-7(6-12)1-3-9(8)10;1-18-8(17)4-2-3(7(15)16)12-6-5(10)13-9(11)14(4)6/h1,3,5,10,13H,2,4H2;2H,10H2,1H3,(H2,11,13)(H,15,16)/t10-;/m0./s1. The molecule has 31 heavy (non-hydrogen) atoms. The summed E-state index contributed by atoms with van der Waals surface area (Å²) in [5.41, 5.74) is 13.9. The van der Waals surface area contributed by atoms with Crippen LogP contribution in [-0.2, 0) is 11.2 Å². The fourth-order valence-electron chi connectivity index (χ4n) is 3.30. The third-order valence-corrected chi connectivity index (χ3v) is 5.00.